The summed E-state index contributed by atoms with van der Waals surface area (Å²) in [5, 5.41) is 0. The van der Waals surface area contributed by atoms with Gasteiger partial charge in [-0.05, 0) is 66.1 Å². The fourth-order valence-corrected chi connectivity index (χ4v) is 2.79. The van der Waals surface area contributed by atoms with Crippen LogP contribution in [0.15, 0.2) is 18.2 Å². The highest BCUT2D eigenvalue weighted by Crippen LogP contribution is 2.42. The number of aromatic nitrogens is 2. The molecule has 0 radical (unpaired) electrons. The van der Waals surface area contributed by atoms with Crippen molar-refractivity contribution in [3.8, 4) is 11.4 Å². The number of nitrogens with zero attached hydrogens (tertiary/aromatic N) is 2. The van der Waals surface area contributed by atoms with E-state index in [0.29, 0.717) is 23.1 Å². The fraction of sp³-hybridized carbons (Fsp3) is 0.286. The first-order valence-corrected chi connectivity index (χ1v) is 7.23. The summed E-state index contributed by atoms with van der Waals surface area (Å²) in [6, 6.07) is 4.81. The summed E-state index contributed by atoms with van der Waals surface area (Å²) < 4.78 is 14.4. The highest BCUT2D eigenvalue weighted by molar-refractivity contribution is 14.1. The zero-order valence-corrected chi connectivity index (χ0v) is 12.6. The molecule has 1 heterocycles. The van der Waals surface area contributed by atoms with E-state index in [4.69, 9.17) is 5.73 Å². The molecule has 0 spiro atoms. The molecule has 1 saturated carbocycles. The van der Waals surface area contributed by atoms with Crippen LogP contribution in [-0.4, -0.2) is 9.97 Å². The van der Waals surface area contributed by atoms with Gasteiger partial charge in [-0.2, -0.15) is 0 Å². The van der Waals surface area contributed by atoms with E-state index in [9.17, 15) is 4.39 Å². The first-order valence-electron chi connectivity index (χ1n) is 6.15. The van der Waals surface area contributed by atoms with Crippen molar-refractivity contribution in [1.82, 2.24) is 9.97 Å². The summed E-state index contributed by atoms with van der Waals surface area (Å²) >= 11 is 2.19. The van der Waals surface area contributed by atoms with E-state index in [-0.39, 0.29) is 5.82 Å². The smallest absolute Gasteiger partial charge is 0.161 e. The van der Waals surface area contributed by atoms with E-state index in [2.05, 4.69) is 32.6 Å². The Hall–Kier alpha value is -1.24. The third-order valence-electron chi connectivity index (χ3n) is 3.17. The Balaban J connectivity index is 2.14. The van der Waals surface area contributed by atoms with Crippen LogP contribution >= 0.6 is 22.6 Å². The Labute approximate surface area is 124 Å². The van der Waals surface area contributed by atoms with Gasteiger partial charge in [0.2, 0.25) is 0 Å². The summed E-state index contributed by atoms with van der Waals surface area (Å²) in [5.41, 5.74) is 8.49. The Morgan fingerprint density at radius 1 is 1.26 bits per heavy atom. The lowest BCUT2D eigenvalue weighted by atomic mass is 10.1. The number of aryl methyl sites for hydroxylation is 1. The second kappa shape index (κ2) is 4.70. The summed E-state index contributed by atoms with van der Waals surface area (Å²) in [5.74, 6) is 1.21. The van der Waals surface area contributed by atoms with Crippen molar-refractivity contribution in [1.29, 1.82) is 0 Å². The lowest BCUT2D eigenvalue weighted by Gasteiger charge is -2.09. The minimum absolute atomic E-state index is 0.274. The van der Waals surface area contributed by atoms with Gasteiger partial charge in [0.05, 0.1) is 9.26 Å². The number of hydrogen-bond acceptors (Lipinski definition) is 3. The maximum atomic E-state index is 13.5. The number of rotatable bonds is 2. The second-order valence-corrected chi connectivity index (χ2v) is 6.00. The van der Waals surface area contributed by atoms with E-state index in [0.717, 1.165) is 27.7 Å². The first kappa shape index (κ1) is 12.8. The number of nitrogen functional groups attached to an aromatic ring is 1. The SMILES string of the molecule is Cc1cc(F)cc(-c2nc(N)c(I)c(C3CC3)n2)c1. The molecule has 2 aromatic rings. The lowest BCUT2D eigenvalue weighted by Crippen LogP contribution is -2.04. The van der Waals surface area contributed by atoms with Crippen molar-refractivity contribution in [2.45, 2.75) is 25.7 Å². The van der Waals surface area contributed by atoms with E-state index >= 15 is 0 Å². The number of anilines is 1. The van der Waals surface area contributed by atoms with Crippen molar-refractivity contribution in [3.05, 3.63) is 38.8 Å². The molecular weight excluding hydrogens is 356 g/mol. The fourth-order valence-electron chi connectivity index (χ4n) is 2.10. The van der Waals surface area contributed by atoms with Crippen LogP contribution in [-0.2, 0) is 0 Å². The molecule has 0 unspecified atom stereocenters. The van der Waals surface area contributed by atoms with Gasteiger partial charge in [0, 0.05) is 11.5 Å². The molecule has 1 fully saturated rings. The largest absolute Gasteiger partial charge is 0.383 e. The molecule has 5 heteroatoms. The molecule has 98 valence electrons. The highest BCUT2D eigenvalue weighted by Gasteiger charge is 2.29. The van der Waals surface area contributed by atoms with E-state index in [1.807, 2.05) is 13.0 Å². The first-order chi connectivity index (χ1) is 9.04. The van der Waals surface area contributed by atoms with Crippen LogP contribution in [0.1, 0.15) is 30.0 Å². The molecular formula is C14H13FIN3. The third-order valence-corrected chi connectivity index (χ3v) is 4.27. The van der Waals surface area contributed by atoms with Gasteiger partial charge in [-0.15, -0.1) is 0 Å². The van der Waals surface area contributed by atoms with E-state index < -0.39 is 0 Å². The van der Waals surface area contributed by atoms with Gasteiger partial charge in [0.15, 0.2) is 5.82 Å². The molecule has 19 heavy (non-hydrogen) atoms. The normalized spacial score (nSPS) is 14.7. The molecule has 0 aliphatic heterocycles. The molecule has 2 N–H and O–H groups in total. The minimum atomic E-state index is -0.274. The van der Waals surface area contributed by atoms with Gasteiger partial charge >= 0.3 is 0 Å². The lowest BCUT2D eigenvalue weighted by molar-refractivity contribution is 0.627. The summed E-state index contributed by atoms with van der Waals surface area (Å²) in [7, 11) is 0. The van der Waals surface area contributed by atoms with Crippen LogP contribution in [0.2, 0.25) is 0 Å². The second-order valence-electron chi connectivity index (χ2n) is 4.92. The van der Waals surface area contributed by atoms with Crippen LogP contribution in [0.4, 0.5) is 10.2 Å². The maximum absolute atomic E-state index is 13.5. The van der Waals surface area contributed by atoms with Crippen molar-refractivity contribution >= 4 is 28.4 Å². The number of hydrogen-bond donors (Lipinski definition) is 1. The van der Waals surface area contributed by atoms with Gasteiger partial charge < -0.3 is 5.73 Å². The Bertz CT molecular complexity index is 633. The van der Waals surface area contributed by atoms with Crippen LogP contribution in [0, 0.1) is 16.3 Å². The van der Waals surface area contributed by atoms with Gasteiger partial charge in [-0.3, -0.25) is 0 Å². The zero-order chi connectivity index (χ0) is 13.6. The standard InChI is InChI=1S/C14H13FIN3/c1-7-4-9(6-10(15)5-7)14-18-12(8-2-3-8)11(16)13(17)19-14/h4-6,8H,2-3H2,1H3,(H2,17,18,19). The monoisotopic (exact) mass is 369 g/mol. The number of benzene rings is 1. The van der Waals surface area contributed by atoms with Crippen molar-refractivity contribution < 1.29 is 4.39 Å². The zero-order valence-electron chi connectivity index (χ0n) is 10.5. The summed E-state index contributed by atoms with van der Waals surface area (Å²) in [6.45, 7) is 1.85. The molecule has 3 rings (SSSR count). The molecule has 1 aromatic heterocycles. The molecule has 0 atom stereocenters. The topological polar surface area (TPSA) is 51.8 Å². The van der Waals surface area contributed by atoms with Crippen molar-refractivity contribution in [3.63, 3.8) is 0 Å². The average Bonchev–Trinajstić information content (AvgIpc) is 3.15. The van der Waals surface area contributed by atoms with Crippen LogP contribution in [0.25, 0.3) is 11.4 Å². The van der Waals surface area contributed by atoms with E-state index in [1.54, 1.807) is 0 Å². The Morgan fingerprint density at radius 3 is 2.63 bits per heavy atom. The Morgan fingerprint density at radius 2 is 2.00 bits per heavy atom. The van der Waals surface area contributed by atoms with Crippen LogP contribution in [0.3, 0.4) is 0 Å². The summed E-state index contributed by atoms with van der Waals surface area (Å²) in [6.07, 6.45) is 2.29. The molecule has 1 aliphatic carbocycles. The molecule has 3 nitrogen and oxygen atoms in total. The number of halogens is 2. The molecule has 0 amide bonds. The maximum Gasteiger partial charge on any atom is 0.161 e. The molecule has 0 saturated heterocycles. The van der Waals surface area contributed by atoms with Crippen LogP contribution in [0.5, 0.6) is 0 Å². The predicted molar refractivity (Wildman–Crippen MR) is 81.3 cm³/mol. The van der Waals surface area contributed by atoms with E-state index in [1.165, 1.54) is 12.1 Å². The summed E-state index contributed by atoms with van der Waals surface area (Å²) in [4.78, 5) is 8.87. The van der Waals surface area contributed by atoms with Gasteiger partial charge in [0.1, 0.15) is 11.6 Å². The molecule has 1 aromatic carbocycles. The minimum Gasteiger partial charge on any atom is -0.383 e. The van der Waals surface area contributed by atoms with Gasteiger partial charge in [-0.1, -0.05) is 0 Å². The highest BCUT2D eigenvalue weighted by atomic mass is 127. The quantitative estimate of drug-likeness (QED) is 0.823. The predicted octanol–water partition coefficient (Wildman–Crippen LogP) is 3.66. The van der Waals surface area contributed by atoms with Crippen molar-refractivity contribution in [2.75, 3.05) is 5.73 Å². The molecule has 1 aliphatic rings. The van der Waals surface area contributed by atoms with Crippen LogP contribution < -0.4 is 5.73 Å². The number of nitrogens with two attached hydrogens (primary N) is 1. The van der Waals surface area contributed by atoms with Gasteiger partial charge in [0.25, 0.3) is 0 Å². The van der Waals surface area contributed by atoms with Gasteiger partial charge in [-0.25, -0.2) is 14.4 Å². The average molecular weight is 369 g/mol. The van der Waals surface area contributed by atoms with Crippen molar-refractivity contribution in [2.24, 2.45) is 0 Å². The third kappa shape index (κ3) is 2.56. The Kier molecular flexibility index (Phi) is 3.16. The molecule has 0 bridgehead atoms.